The number of ether oxygens (including phenoxy) is 1. The van der Waals surface area contributed by atoms with E-state index in [1.165, 1.54) is 41.7 Å². The van der Waals surface area contributed by atoms with Gasteiger partial charge in [-0.1, -0.05) is 59.9 Å². The Morgan fingerprint density at radius 1 is 0.743 bits per heavy atom. The first-order chi connectivity index (χ1) is 33.1. The van der Waals surface area contributed by atoms with E-state index in [0.717, 1.165) is 33.1 Å². The summed E-state index contributed by atoms with van der Waals surface area (Å²) in [4.78, 5) is 28.6. The molecular formula is C43H33N9O14S4. The van der Waals surface area contributed by atoms with E-state index in [9.17, 15) is 58.7 Å². The van der Waals surface area contributed by atoms with E-state index >= 15 is 0 Å². The molecule has 358 valence electrons. The van der Waals surface area contributed by atoms with Gasteiger partial charge in [0.25, 0.3) is 35.9 Å². The Hall–Kier alpha value is -7.92. The van der Waals surface area contributed by atoms with Crippen molar-refractivity contribution >= 4 is 102 Å². The summed E-state index contributed by atoms with van der Waals surface area (Å²) < 4.78 is 110. The van der Waals surface area contributed by atoms with Crippen molar-refractivity contribution < 1.29 is 58.7 Å². The first-order valence-corrected chi connectivity index (χ1v) is 25.3. The number of aromatic carboxylic acids is 1. The Bertz CT molecular complexity index is 3880. The van der Waals surface area contributed by atoms with Crippen LogP contribution in [0.15, 0.2) is 154 Å². The molecular weight excluding hydrogens is 995 g/mol. The number of carbonyl (C=O) groups is 1. The highest BCUT2D eigenvalue weighted by Gasteiger charge is 2.25. The second-order valence-electron chi connectivity index (χ2n) is 14.9. The molecule has 6 N–H and O–H groups in total. The minimum absolute atomic E-state index is 0.0457. The summed E-state index contributed by atoms with van der Waals surface area (Å²) in [6, 6.07) is 25.6. The van der Waals surface area contributed by atoms with Crippen LogP contribution in [0.5, 0.6) is 11.5 Å². The minimum Gasteiger partial charge on any atom is -0.505 e. The van der Waals surface area contributed by atoms with Gasteiger partial charge >= 0.3 is 5.97 Å². The number of phenols is 1. The zero-order valence-electron chi connectivity index (χ0n) is 35.6. The number of carboxylic acid groups (broad SMARTS) is 1. The maximum absolute atomic E-state index is 14.0. The largest absolute Gasteiger partial charge is 0.505 e. The molecule has 0 aliphatic rings. The number of thiazole rings is 1. The van der Waals surface area contributed by atoms with Gasteiger partial charge in [0.05, 0.1) is 50.1 Å². The minimum atomic E-state index is -5.19. The van der Waals surface area contributed by atoms with Crippen LogP contribution < -0.4 is 10.3 Å². The lowest BCUT2D eigenvalue weighted by molar-refractivity contribution is 0.0696. The summed E-state index contributed by atoms with van der Waals surface area (Å²) in [5.41, 5.74) is -1.19. The van der Waals surface area contributed by atoms with Crippen molar-refractivity contribution in [1.82, 2.24) is 14.8 Å². The molecule has 0 fully saturated rings. The van der Waals surface area contributed by atoms with Gasteiger partial charge in [-0.15, -0.1) is 30.7 Å². The number of rotatable bonds is 16. The molecule has 8 rings (SSSR count). The topological polar surface area (TPSA) is 355 Å². The standard InChI is InChI=1S/C43H33N9O14S4/c1-23-18-34(35(66-16-7-17-68(57,58)59)22-33(23)47-50-43-44-30-10-5-6-11-36(30)67-43)48-45-31-14-13-29-28(39(31)53)12-15-32(40(29)70(63,64)65)46-49-38-37(24-8-3-2-4-9-24)51-52(41(38)54)26-19-25(42(55)56)20-27(21-26)69(60,61)62/h2-6,8-15,18-22,51,53H,7,16-17H2,1H3,(H,55,56)(H,57,58,59)(H,60,61,62)(H,63,64,65). The number of aromatic amines is 1. The third kappa shape index (κ3) is 10.7. The number of para-hydroxylation sites is 1. The third-order valence-electron chi connectivity index (χ3n) is 10.1. The number of phenolic OH excluding ortho intramolecular Hbond substituents is 1. The fraction of sp³-hybridized carbons (Fsp3) is 0.0930. The number of benzene rings is 6. The van der Waals surface area contributed by atoms with E-state index in [2.05, 4.69) is 40.8 Å². The highest BCUT2D eigenvalue weighted by Crippen LogP contribution is 2.43. The molecule has 2 aromatic heterocycles. The van der Waals surface area contributed by atoms with E-state index in [1.54, 1.807) is 37.3 Å². The molecule has 0 saturated heterocycles. The number of nitrogens with one attached hydrogen (secondary N) is 1. The second-order valence-corrected chi connectivity index (χ2v) is 20.3. The van der Waals surface area contributed by atoms with Gasteiger partial charge in [0.1, 0.15) is 27.7 Å². The molecule has 0 atom stereocenters. The average molecular weight is 1030 g/mol. The van der Waals surface area contributed by atoms with Gasteiger partial charge in [-0.2, -0.15) is 25.3 Å². The average Bonchev–Trinajstić information content (AvgIpc) is 3.88. The highest BCUT2D eigenvalue weighted by atomic mass is 32.2. The zero-order chi connectivity index (χ0) is 50.1. The lowest BCUT2D eigenvalue weighted by Crippen LogP contribution is -2.16. The van der Waals surface area contributed by atoms with Crippen molar-refractivity contribution in [3.8, 4) is 28.4 Å². The van der Waals surface area contributed by atoms with Crippen LogP contribution in [0.4, 0.5) is 33.6 Å². The van der Waals surface area contributed by atoms with Crippen molar-refractivity contribution in [2.24, 2.45) is 30.7 Å². The maximum Gasteiger partial charge on any atom is 0.335 e. The fourth-order valence-corrected chi connectivity index (χ4v) is 9.51. The highest BCUT2D eigenvalue weighted by molar-refractivity contribution is 7.86. The summed E-state index contributed by atoms with van der Waals surface area (Å²) in [6.07, 6.45) is -0.101. The molecule has 0 saturated carbocycles. The number of hydrogen-bond donors (Lipinski definition) is 6. The molecule has 0 aliphatic carbocycles. The molecule has 6 aromatic carbocycles. The number of nitrogens with zero attached hydrogens (tertiary/aromatic N) is 8. The SMILES string of the molecule is Cc1cc(N=Nc2ccc3c(S(=O)(=O)O)c(N=Nc4c(-c5ccccc5)[nH]n(-c5cc(C(=O)O)cc(S(=O)(=O)O)c5)c4=O)ccc3c2O)c(OCCCS(=O)(=O)O)cc1N=Nc1nc2ccccc2s1. The zero-order valence-corrected chi connectivity index (χ0v) is 38.9. The van der Waals surface area contributed by atoms with Gasteiger partial charge in [-0.3, -0.25) is 23.6 Å². The van der Waals surface area contributed by atoms with E-state index in [4.69, 9.17) is 4.74 Å². The van der Waals surface area contributed by atoms with E-state index in [1.807, 2.05) is 24.3 Å². The van der Waals surface area contributed by atoms with E-state index in [-0.39, 0.29) is 52.3 Å². The molecule has 0 amide bonds. The molecule has 0 bridgehead atoms. The van der Waals surface area contributed by atoms with Gasteiger partial charge in [0.2, 0.25) is 5.13 Å². The van der Waals surface area contributed by atoms with Crippen molar-refractivity contribution in [2.45, 2.75) is 23.1 Å². The molecule has 0 aliphatic heterocycles. The molecule has 0 spiro atoms. The third-order valence-corrected chi connectivity index (χ3v) is 13.6. The van der Waals surface area contributed by atoms with Gasteiger partial charge in [-0.05, 0) is 73.5 Å². The number of H-pyrrole nitrogens is 1. The van der Waals surface area contributed by atoms with Crippen molar-refractivity contribution in [3.63, 3.8) is 0 Å². The Morgan fingerprint density at radius 2 is 1.41 bits per heavy atom. The molecule has 23 nitrogen and oxygen atoms in total. The van der Waals surface area contributed by atoms with Crippen LogP contribution in [0, 0.1) is 6.92 Å². The van der Waals surface area contributed by atoms with Crippen LogP contribution in [0.25, 0.3) is 37.9 Å². The molecule has 70 heavy (non-hydrogen) atoms. The van der Waals surface area contributed by atoms with Gasteiger partial charge in [0, 0.05) is 22.4 Å². The normalized spacial score (nSPS) is 12.6. The van der Waals surface area contributed by atoms with E-state index < -0.39 is 80.1 Å². The Kier molecular flexibility index (Phi) is 13.3. The lowest BCUT2D eigenvalue weighted by Gasteiger charge is -2.11. The summed E-state index contributed by atoms with van der Waals surface area (Å²) in [6.45, 7) is 1.51. The summed E-state index contributed by atoms with van der Waals surface area (Å²) in [5.74, 6) is -2.71. The number of azo groups is 3. The predicted octanol–water partition coefficient (Wildman–Crippen LogP) is 9.70. The van der Waals surface area contributed by atoms with Crippen LogP contribution >= 0.6 is 11.3 Å². The predicted molar refractivity (Wildman–Crippen MR) is 254 cm³/mol. The number of aryl methyl sites for hydroxylation is 1. The maximum atomic E-state index is 14.0. The number of hydrogen-bond acceptors (Lipinski definition) is 18. The smallest absolute Gasteiger partial charge is 0.335 e. The number of fused-ring (bicyclic) bond motifs is 2. The first kappa shape index (κ1) is 48.5. The van der Waals surface area contributed by atoms with Gasteiger partial charge in [0.15, 0.2) is 11.4 Å². The molecule has 8 aromatic rings. The number of aromatic hydroxyl groups is 1. The number of carboxylic acids is 1. The summed E-state index contributed by atoms with van der Waals surface area (Å²) in [7, 11) is -14.4. The Labute approximate surface area is 399 Å². The number of aromatic nitrogens is 3. The van der Waals surface area contributed by atoms with Crippen molar-refractivity contribution in [2.75, 3.05) is 12.4 Å². The first-order valence-electron chi connectivity index (χ1n) is 20.0. The molecule has 0 radical (unpaired) electrons. The second kappa shape index (κ2) is 19.2. The molecule has 27 heteroatoms. The fourth-order valence-electron chi connectivity index (χ4n) is 6.86. The van der Waals surface area contributed by atoms with Crippen LogP contribution in [0.2, 0.25) is 0 Å². The summed E-state index contributed by atoms with van der Waals surface area (Å²) in [5, 5.41) is 48.8. The summed E-state index contributed by atoms with van der Waals surface area (Å²) >= 11 is 1.32. The van der Waals surface area contributed by atoms with Crippen molar-refractivity contribution in [1.29, 1.82) is 0 Å². The van der Waals surface area contributed by atoms with Crippen LogP contribution in [-0.4, -0.2) is 82.2 Å². The van der Waals surface area contributed by atoms with Crippen LogP contribution in [0.1, 0.15) is 22.3 Å². The quantitative estimate of drug-likeness (QED) is 0.0298. The van der Waals surface area contributed by atoms with E-state index in [0.29, 0.717) is 28.0 Å². The molecule has 0 unspecified atom stereocenters. The van der Waals surface area contributed by atoms with Gasteiger partial charge < -0.3 is 14.9 Å². The van der Waals surface area contributed by atoms with Crippen LogP contribution in [0.3, 0.4) is 0 Å². The van der Waals surface area contributed by atoms with Gasteiger partial charge in [-0.25, -0.2) is 14.5 Å². The molecule has 2 heterocycles. The van der Waals surface area contributed by atoms with Crippen molar-refractivity contribution in [3.05, 3.63) is 131 Å². The Morgan fingerprint density at radius 3 is 2.11 bits per heavy atom. The lowest BCUT2D eigenvalue weighted by atomic mass is 10.1. The monoisotopic (exact) mass is 1030 g/mol. The van der Waals surface area contributed by atoms with Crippen LogP contribution in [-0.2, 0) is 30.4 Å². The Balaban J connectivity index is 1.16.